The van der Waals surface area contributed by atoms with Crippen molar-refractivity contribution in [1.82, 2.24) is 5.32 Å². The van der Waals surface area contributed by atoms with E-state index in [9.17, 15) is 9.59 Å². The molecule has 1 saturated carbocycles. The Labute approximate surface area is 155 Å². The van der Waals surface area contributed by atoms with E-state index in [0.29, 0.717) is 37.8 Å². The van der Waals surface area contributed by atoms with Crippen molar-refractivity contribution in [2.75, 3.05) is 33.5 Å². The Morgan fingerprint density at radius 3 is 2.42 bits per heavy atom. The lowest BCUT2D eigenvalue weighted by Gasteiger charge is -2.28. The highest BCUT2D eigenvalue weighted by Crippen LogP contribution is 2.35. The molecular weight excluding hydrogens is 330 g/mol. The number of carbonyl (C=O) groups is 2. The fourth-order valence-electron chi connectivity index (χ4n) is 3.36. The number of methoxy groups -OCH3 is 1. The van der Waals surface area contributed by atoms with Crippen LogP contribution in [0, 0.1) is 5.92 Å². The number of nitrogens with one attached hydrogen (secondary N) is 1. The predicted octanol–water partition coefficient (Wildman–Crippen LogP) is 3.11. The van der Waals surface area contributed by atoms with Crippen LogP contribution in [0.1, 0.15) is 47.5 Å². The van der Waals surface area contributed by atoms with Crippen molar-refractivity contribution in [3.05, 3.63) is 48.0 Å². The number of allylic oxidation sites excluding steroid dienone is 1. The largest absolute Gasteiger partial charge is 0.382 e. The molecule has 0 spiro atoms. The van der Waals surface area contributed by atoms with Crippen LogP contribution in [-0.4, -0.2) is 45.2 Å². The number of carbonyl (C=O) groups excluding carboxylic acids is 2. The highest BCUT2D eigenvalue weighted by Gasteiger charge is 2.26. The molecule has 0 aromatic heterocycles. The average Bonchev–Trinajstić information content (AvgIpc) is 2.70. The summed E-state index contributed by atoms with van der Waals surface area (Å²) in [7, 11) is 1.64. The minimum Gasteiger partial charge on any atom is -0.382 e. The highest BCUT2D eigenvalue weighted by molar-refractivity contribution is 6.04. The van der Waals surface area contributed by atoms with Crippen molar-refractivity contribution < 1.29 is 19.1 Å². The van der Waals surface area contributed by atoms with E-state index in [1.807, 2.05) is 24.3 Å². The number of benzene rings is 1. The number of hydrogen-bond donors (Lipinski definition) is 1. The lowest BCUT2D eigenvalue weighted by atomic mass is 9.78. The maximum atomic E-state index is 12.2. The molecule has 1 aliphatic rings. The molecule has 26 heavy (non-hydrogen) atoms. The lowest BCUT2D eigenvalue weighted by Crippen LogP contribution is -2.35. The van der Waals surface area contributed by atoms with Crippen LogP contribution in [0.25, 0.3) is 0 Å². The van der Waals surface area contributed by atoms with E-state index >= 15 is 0 Å². The molecule has 1 aromatic carbocycles. The first-order valence-electron chi connectivity index (χ1n) is 9.26. The monoisotopic (exact) mass is 359 g/mol. The molecule has 5 nitrogen and oxygen atoms in total. The fourth-order valence-corrected chi connectivity index (χ4v) is 3.36. The zero-order valence-corrected chi connectivity index (χ0v) is 15.5. The first-order valence-corrected chi connectivity index (χ1v) is 9.26. The molecule has 1 amide bonds. The number of hydrogen-bond acceptors (Lipinski definition) is 4. The molecule has 142 valence electrons. The summed E-state index contributed by atoms with van der Waals surface area (Å²) in [5.41, 5.74) is 1.92. The van der Waals surface area contributed by atoms with E-state index in [1.165, 1.54) is 11.6 Å². The summed E-state index contributed by atoms with van der Waals surface area (Å²) in [4.78, 5) is 23.8. The number of ketones is 1. The Morgan fingerprint density at radius 2 is 1.81 bits per heavy atom. The number of rotatable bonds is 10. The molecule has 1 aliphatic carbocycles. The minimum atomic E-state index is -0.0527. The number of amides is 1. The molecule has 1 N–H and O–H groups in total. The third kappa shape index (κ3) is 6.07. The van der Waals surface area contributed by atoms with E-state index in [2.05, 4.69) is 11.9 Å². The summed E-state index contributed by atoms with van der Waals surface area (Å²) in [6.07, 6.45) is 5.12. The van der Waals surface area contributed by atoms with Crippen LogP contribution in [0.15, 0.2) is 36.9 Å². The van der Waals surface area contributed by atoms with E-state index in [-0.39, 0.29) is 17.6 Å². The van der Waals surface area contributed by atoms with Gasteiger partial charge in [-0.25, -0.2) is 0 Å². The quantitative estimate of drug-likeness (QED) is 0.396. The van der Waals surface area contributed by atoms with E-state index in [4.69, 9.17) is 9.47 Å². The van der Waals surface area contributed by atoms with E-state index in [0.717, 1.165) is 25.7 Å². The highest BCUT2D eigenvalue weighted by atomic mass is 16.5. The standard InChI is InChI=1S/C21H29NO4/c1-3-20(23)18-8-4-16(5-9-18)17-6-10-19(11-7-17)21(24)22-12-13-26-15-14-25-2/h3-5,8-9,17,19H,1,6-7,10-15H2,2H3,(H,22,24). The smallest absolute Gasteiger partial charge is 0.223 e. The Bertz CT molecular complexity index is 589. The summed E-state index contributed by atoms with van der Waals surface area (Å²) in [6.45, 7) is 5.69. The van der Waals surface area contributed by atoms with Gasteiger partial charge in [-0.05, 0) is 43.2 Å². The van der Waals surface area contributed by atoms with Gasteiger partial charge in [0.15, 0.2) is 5.78 Å². The Balaban J connectivity index is 1.72. The van der Waals surface area contributed by atoms with Gasteiger partial charge in [0.1, 0.15) is 0 Å². The molecule has 1 fully saturated rings. The Kier molecular flexibility index (Phi) is 8.51. The molecular formula is C21H29NO4. The summed E-state index contributed by atoms with van der Waals surface area (Å²) in [5.74, 6) is 0.630. The maximum absolute atomic E-state index is 12.2. The normalized spacial score (nSPS) is 19.7. The summed E-state index contributed by atoms with van der Waals surface area (Å²) in [6, 6.07) is 7.78. The van der Waals surface area contributed by atoms with Crippen molar-refractivity contribution in [2.45, 2.75) is 31.6 Å². The molecule has 1 aromatic rings. The summed E-state index contributed by atoms with van der Waals surface area (Å²) >= 11 is 0. The van der Waals surface area contributed by atoms with Gasteiger partial charge in [0, 0.05) is 25.1 Å². The second kappa shape index (κ2) is 10.9. The van der Waals surface area contributed by atoms with Gasteiger partial charge in [-0.3, -0.25) is 9.59 Å². The van der Waals surface area contributed by atoms with Crippen molar-refractivity contribution in [3.8, 4) is 0 Å². The van der Waals surface area contributed by atoms with Crippen LogP contribution in [0.2, 0.25) is 0 Å². The Hall–Kier alpha value is -1.98. The molecule has 0 atom stereocenters. The average molecular weight is 359 g/mol. The van der Waals surface area contributed by atoms with Crippen molar-refractivity contribution in [2.24, 2.45) is 5.92 Å². The second-order valence-corrected chi connectivity index (χ2v) is 6.64. The third-order valence-corrected chi connectivity index (χ3v) is 4.93. The molecule has 0 heterocycles. The Morgan fingerprint density at radius 1 is 1.12 bits per heavy atom. The summed E-state index contributed by atoms with van der Waals surface area (Å²) in [5, 5.41) is 2.96. The van der Waals surface area contributed by atoms with Gasteiger partial charge in [0.05, 0.1) is 19.8 Å². The van der Waals surface area contributed by atoms with Crippen LogP contribution in [0.5, 0.6) is 0 Å². The van der Waals surface area contributed by atoms with E-state index < -0.39 is 0 Å². The molecule has 5 heteroatoms. The third-order valence-electron chi connectivity index (χ3n) is 4.93. The van der Waals surface area contributed by atoms with Crippen LogP contribution in [0.4, 0.5) is 0 Å². The van der Waals surface area contributed by atoms with Gasteiger partial charge in [-0.15, -0.1) is 0 Å². The SMILES string of the molecule is C=CC(=O)c1ccc(C2CCC(C(=O)NCCOCCOC)CC2)cc1. The van der Waals surface area contributed by atoms with Crippen molar-refractivity contribution in [3.63, 3.8) is 0 Å². The van der Waals surface area contributed by atoms with Crippen LogP contribution < -0.4 is 5.32 Å². The minimum absolute atomic E-state index is 0.0527. The van der Waals surface area contributed by atoms with Gasteiger partial charge in [0.25, 0.3) is 0 Å². The lowest BCUT2D eigenvalue weighted by molar-refractivity contribution is -0.126. The van der Waals surface area contributed by atoms with E-state index in [1.54, 1.807) is 7.11 Å². The molecule has 2 rings (SSSR count). The fraction of sp³-hybridized carbons (Fsp3) is 0.524. The molecule has 0 aliphatic heterocycles. The molecule has 0 bridgehead atoms. The van der Waals surface area contributed by atoms with Gasteiger partial charge < -0.3 is 14.8 Å². The maximum Gasteiger partial charge on any atom is 0.223 e. The predicted molar refractivity (Wildman–Crippen MR) is 101 cm³/mol. The van der Waals surface area contributed by atoms with Gasteiger partial charge in [-0.2, -0.15) is 0 Å². The van der Waals surface area contributed by atoms with Crippen molar-refractivity contribution in [1.29, 1.82) is 0 Å². The molecule has 0 radical (unpaired) electrons. The van der Waals surface area contributed by atoms with Gasteiger partial charge in [-0.1, -0.05) is 30.8 Å². The van der Waals surface area contributed by atoms with Crippen LogP contribution in [0.3, 0.4) is 0 Å². The zero-order valence-electron chi connectivity index (χ0n) is 15.5. The number of ether oxygens (including phenoxy) is 2. The second-order valence-electron chi connectivity index (χ2n) is 6.64. The van der Waals surface area contributed by atoms with Gasteiger partial charge >= 0.3 is 0 Å². The summed E-state index contributed by atoms with van der Waals surface area (Å²) < 4.78 is 10.3. The van der Waals surface area contributed by atoms with Crippen LogP contribution in [-0.2, 0) is 14.3 Å². The zero-order chi connectivity index (χ0) is 18.8. The van der Waals surface area contributed by atoms with Gasteiger partial charge in [0.2, 0.25) is 5.91 Å². The van der Waals surface area contributed by atoms with Crippen molar-refractivity contribution >= 4 is 11.7 Å². The first kappa shape index (κ1) is 20.3. The molecule has 0 unspecified atom stereocenters. The molecule has 0 saturated heterocycles. The topological polar surface area (TPSA) is 64.6 Å². The first-order chi connectivity index (χ1) is 12.7. The van der Waals surface area contributed by atoms with Crippen LogP contribution >= 0.6 is 0 Å².